The van der Waals surface area contributed by atoms with Crippen molar-refractivity contribution < 1.29 is 14.3 Å². The molecule has 2 amide bonds. The third-order valence-corrected chi connectivity index (χ3v) is 5.33. The van der Waals surface area contributed by atoms with Crippen LogP contribution < -0.4 is 10.1 Å². The van der Waals surface area contributed by atoms with Crippen LogP contribution in [0.3, 0.4) is 0 Å². The van der Waals surface area contributed by atoms with Crippen molar-refractivity contribution in [3.8, 4) is 0 Å². The lowest BCUT2D eigenvalue weighted by Crippen LogP contribution is -2.20. The third-order valence-electron chi connectivity index (χ3n) is 4.28. The zero-order valence-corrected chi connectivity index (χ0v) is 17.9. The van der Waals surface area contributed by atoms with Gasteiger partial charge in [0.15, 0.2) is 4.80 Å². The van der Waals surface area contributed by atoms with E-state index in [4.69, 9.17) is 4.74 Å². The van der Waals surface area contributed by atoms with Gasteiger partial charge in [0.1, 0.15) is 5.69 Å². The van der Waals surface area contributed by atoms with Crippen LogP contribution in [0.4, 0.5) is 5.69 Å². The number of rotatable bonds is 7. The predicted molar refractivity (Wildman–Crippen MR) is 113 cm³/mol. The van der Waals surface area contributed by atoms with Crippen molar-refractivity contribution in [3.05, 3.63) is 40.5 Å². The Hall–Kier alpha value is -2.78. The van der Waals surface area contributed by atoms with Gasteiger partial charge in [-0.25, -0.2) is 0 Å². The molecule has 1 N–H and O–H groups in total. The number of ether oxygens (including phenoxy) is 1. The van der Waals surface area contributed by atoms with E-state index in [9.17, 15) is 9.59 Å². The summed E-state index contributed by atoms with van der Waals surface area (Å²) in [5.74, 6) is -0.459. The summed E-state index contributed by atoms with van der Waals surface area (Å²) < 4.78 is 10.1. The summed E-state index contributed by atoms with van der Waals surface area (Å²) in [5, 5.41) is 7.12. The topological polar surface area (TPSA) is 90.5 Å². The zero-order chi connectivity index (χ0) is 21.0. The summed E-state index contributed by atoms with van der Waals surface area (Å²) in [6.45, 7) is 9.52. The van der Waals surface area contributed by atoms with Crippen LogP contribution in [0.1, 0.15) is 37.0 Å². The molecule has 0 aliphatic heterocycles. The standard InChI is InChI=1S/C20H25N5O3S/c1-5-25-17(11-13(3)23-25)19(27)22-20-24(9-10-28-6-2)16-8-7-15(21-14(4)26)12-18(16)29-20/h7-8,11-12H,5-6,9-10H2,1-4H3,(H,21,26). The second kappa shape index (κ2) is 9.15. The Morgan fingerprint density at radius 1 is 1.28 bits per heavy atom. The van der Waals surface area contributed by atoms with E-state index < -0.39 is 0 Å². The van der Waals surface area contributed by atoms with Crippen molar-refractivity contribution in [2.45, 2.75) is 40.8 Å². The maximum absolute atomic E-state index is 12.9. The molecule has 3 aromatic rings. The molecule has 154 valence electrons. The van der Waals surface area contributed by atoms with Crippen molar-refractivity contribution in [3.63, 3.8) is 0 Å². The molecule has 3 rings (SSSR count). The van der Waals surface area contributed by atoms with Crippen molar-refractivity contribution in [2.75, 3.05) is 18.5 Å². The molecular formula is C20H25N5O3S. The number of thiazole rings is 1. The number of aryl methyl sites for hydroxylation is 2. The summed E-state index contributed by atoms with van der Waals surface area (Å²) in [6.07, 6.45) is 0. The van der Waals surface area contributed by atoms with Crippen LogP contribution in [0.15, 0.2) is 29.3 Å². The second-order valence-electron chi connectivity index (χ2n) is 6.50. The highest BCUT2D eigenvalue weighted by molar-refractivity contribution is 7.16. The predicted octanol–water partition coefficient (Wildman–Crippen LogP) is 2.96. The average Bonchev–Trinajstić information content (AvgIpc) is 3.21. The van der Waals surface area contributed by atoms with Crippen LogP contribution in [-0.4, -0.2) is 39.4 Å². The maximum Gasteiger partial charge on any atom is 0.297 e. The first-order chi connectivity index (χ1) is 13.9. The van der Waals surface area contributed by atoms with Gasteiger partial charge >= 0.3 is 0 Å². The number of aromatic nitrogens is 3. The number of nitrogens with one attached hydrogen (secondary N) is 1. The largest absolute Gasteiger partial charge is 0.380 e. The molecule has 1 aromatic carbocycles. The average molecular weight is 416 g/mol. The Bertz CT molecular complexity index is 1110. The summed E-state index contributed by atoms with van der Waals surface area (Å²) in [4.78, 5) is 29.2. The number of amides is 2. The smallest absolute Gasteiger partial charge is 0.297 e. The van der Waals surface area contributed by atoms with Gasteiger partial charge in [0.05, 0.1) is 22.5 Å². The molecule has 0 unspecified atom stereocenters. The Balaban J connectivity index is 2.08. The minimum Gasteiger partial charge on any atom is -0.380 e. The monoisotopic (exact) mass is 415 g/mol. The zero-order valence-electron chi connectivity index (χ0n) is 17.1. The van der Waals surface area contributed by atoms with Gasteiger partial charge in [-0.1, -0.05) is 11.3 Å². The van der Waals surface area contributed by atoms with E-state index in [-0.39, 0.29) is 11.8 Å². The van der Waals surface area contributed by atoms with Gasteiger partial charge < -0.3 is 14.6 Å². The number of fused-ring (bicyclic) bond motifs is 1. The molecule has 0 saturated carbocycles. The van der Waals surface area contributed by atoms with Crippen molar-refractivity contribution in [2.24, 2.45) is 4.99 Å². The summed E-state index contributed by atoms with van der Waals surface area (Å²) in [6, 6.07) is 7.41. The second-order valence-corrected chi connectivity index (χ2v) is 7.51. The molecule has 0 saturated heterocycles. The number of benzene rings is 1. The minimum atomic E-state index is -0.328. The van der Waals surface area contributed by atoms with E-state index in [0.29, 0.717) is 42.5 Å². The van der Waals surface area contributed by atoms with Crippen LogP contribution in [-0.2, 0) is 22.6 Å². The van der Waals surface area contributed by atoms with Gasteiger partial charge in [0, 0.05) is 32.3 Å². The number of carbonyl (C=O) groups excluding carboxylic acids is 2. The lowest BCUT2D eigenvalue weighted by atomic mass is 10.3. The van der Waals surface area contributed by atoms with Gasteiger partial charge in [-0.05, 0) is 45.0 Å². The van der Waals surface area contributed by atoms with Crippen molar-refractivity contribution >= 4 is 39.1 Å². The molecule has 29 heavy (non-hydrogen) atoms. The van der Waals surface area contributed by atoms with Crippen molar-refractivity contribution in [1.82, 2.24) is 14.3 Å². The molecule has 8 nitrogen and oxygen atoms in total. The molecule has 0 aliphatic rings. The molecule has 9 heteroatoms. The van der Waals surface area contributed by atoms with E-state index in [2.05, 4.69) is 15.4 Å². The minimum absolute atomic E-state index is 0.131. The molecular weight excluding hydrogens is 390 g/mol. The van der Waals surface area contributed by atoms with Gasteiger partial charge in [-0.15, -0.1) is 0 Å². The number of hydrogen-bond acceptors (Lipinski definition) is 5. The molecule has 2 heterocycles. The highest BCUT2D eigenvalue weighted by Crippen LogP contribution is 2.22. The summed E-state index contributed by atoms with van der Waals surface area (Å²) in [5.41, 5.74) is 2.90. The Kier molecular flexibility index (Phi) is 6.60. The molecule has 0 aliphatic carbocycles. The van der Waals surface area contributed by atoms with Crippen LogP contribution >= 0.6 is 11.3 Å². The normalized spacial score (nSPS) is 11.9. The van der Waals surface area contributed by atoms with Gasteiger partial charge in [0.2, 0.25) is 5.91 Å². The lowest BCUT2D eigenvalue weighted by Gasteiger charge is -2.06. The first-order valence-corrected chi connectivity index (χ1v) is 10.4. The highest BCUT2D eigenvalue weighted by atomic mass is 32.1. The van der Waals surface area contributed by atoms with Crippen molar-refractivity contribution in [1.29, 1.82) is 0 Å². The fourth-order valence-corrected chi connectivity index (χ4v) is 4.15. The molecule has 0 bridgehead atoms. The van der Waals surface area contributed by atoms with Crippen LogP contribution in [0.25, 0.3) is 10.2 Å². The van der Waals surface area contributed by atoms with E-state index in [1.807, 2.05) is 43.5 Å². The first kappa shape index (κ1) is 20.9. The van der Waals surface area contributed by atoms with E-state index in [0.717, 1.165) is 15.9 Å². The van der Waals surface area contributed by atoms with Crippen LogP contribution in [0, 0.1) is 6.92 Å². The summed E-state index contributed by atoms with van der Waals surface area (Å²) in [7, 11) is 0. The molecule has 0 radical (unpaired) electrons. The third kappa shape index (κ3) is 4.80. The van der Waals surface area contributed by atoms with E-state index in [1.54, 1.807) is 10.7 Å². The summed E-state index contributed by atoms with van der Waals surface area (Å²) >= 11 is 1.41. The molecule has 2 aromatic heterocycles. The number of carbonyl (C=O) groups is 2. The van der Waals surface area contributed by atoms with E-state index in [1.165, 1.54) is 18.3 Å². The number of nitrogens with zero attached hydrogens (tertiary/aromatic N) is 4. The number of hydrogen-bond donors (Lipinski definition) is 1. The Morgan fingerprint density at radius 3 is 2.76 bits per heavy atom. The molecule has 0 spiro atoms. The molecule has 0 fully saturated rings. The SMILES string of the molecule is CCOCCn1c(=NC(=O)c2cc(C)nn2CC)sc2cc(NC(C)=O)ccc21. The lowest BCUT2D eigenvalue weighted by molar-refractivity contribution is -0.114. The van der Waals surface area contributed by atoms with Gasteiger partial charge in [-0.3, -0.25) is 14.3 Å². The molecule has 0 atom stereocenters. The number of anilines is 1. The first-order valence-electron chi connectivity index (χ1n) is 9.55. The van der Waals surface area contributed by atoms with E-state index >= 15 is 0 Å². The Labute approximate surface area is 172 Å². The fourth-order valence-electron chi connectivity index (χ4n) is 3.06. The van der Waals surface area contributed by atoms with Crippen LogP contribution in [0.5, 0.6) is 0 Å². The maximum atomic E-state index is 12.9. The van der Waals surface area contributed by atoms with Crippen LogP contribution in [0.2, 0.25) is 0 Å². The van der Waals surface area contributed by atoms with Gasteiger partial charge in [0.25, 0.3) is 5.91 Å². The Morgan fingerprint density at radius 2 is 2.07 bits per heavy atom. The highest BCUT2D eigenvalue weighted by Gasteiger charge is 2.14. The quantitative estimate of drug-likeness (QED) is 0.601. The van der Waals surface area contributed by atoms with Gasteiger partial charge in [-0.2, -0.15) is 10.1 Å². The fraction of sp³-hybridized carbons (Fsp3) is 0.400.